The summed E-state index contributed by atoms with van der Waals surface area (Å²) in [5, 5.41) is 9.52. The van der Waals surface area contributed by atoms with Crippen molar-refractivity contribution in [1.29, 1.82) is 0 Å². The highest BCUT2D eigenvalue weighted by molar-refractivity contribution is 6.18. The van der Waals surface area contributed by atoms with E-state index in [4.69, 9.17) is 14.4 Å². The van der Waals surface area contributed by atoms with Gasteiger partial charge in [0.2, 0.25) is 0 Å². The molecule has 0 aliphatic heterocycles. The van der Waals surface area contributed by atoms with Gasteiger partial charge in [0.05, 0.1) is 28.1 Å². The second-order valence-corrected chi connectivity index (χ2v) is 15.0. The zero-order valence-corrected chi connectivity index (χ0v) is 31.3. The van der Waals surface area contributed by atoms with E-state index >= 15 is 0 Å². The molecule has 0 amide bonds. The Kier molecular flexibility index (Phi) is 7.20. The maximum Gasteiger partial charge on any atom is 0.160 e. The highest BCUT2D eigenvalue weighted by atomic mass is 16.3. The average Bonchev–Trinajstić information content (AvgIpc) is 3.82. The van der Waals surface area contributed by atoms with Crippen molar-refractivity contribution in [1.82, 2.24) is 14.5 Å². The van der Waals surface area contributed by atoms with Crippen LogP contribution in [0.1, 0.15) is 0 Å². The van der Waals surface area contributed by atoms with Crippen LogP contribution in [-0.4, -0.2) is 14.5 Å². The molecule has 0 N–H and O–H groups in total. The Hall–Kier alpha value is -7.82. The summed E-state index contributed by atoms with van der Waals surface area (Å²) in [4.78, 5) is 10.1. The van der Waals surface area contributed by atoms with Crippen molar-refractivity contribution in [2.75, 3.05) is 0 Å². The monoisotopic (exact) mass is 739 g/mol. The predicted octanol–water partition coefficient (Wildman–Crippen LogP) is 14.4. The van der Waals surface area contributed by atoms with Crippen LogP contribution in [0.15, 0.2) is 205 Å². The molecule has 0 saturated carbocycles. The van der Waals surface area contributed by atoms with E-state index in [1.165, 1.54) is 32.3 Å². The van der Waals surface area contributed by atoms with Crippen LogP contribution in [0.5, 0.6) is 0 Å². The maximum atomic E-state index is 6.69. The van der Waals surface area contributed by atoms with Crippen LogP contribution in [0.4, 0.5) is 0 Å². The number of para-hydroxylation sites is 1. The Morgan fingerprint density at radius 2 is 0.862 bits per heavy atom. The van der Waals surface area contributed by atoms with E-state index in [-0.39, 0.29) is 0 Å². The maximum absolute atomic E-state index is 6.69. The molecule has 0 atom stereocenters. The van der Waals surface area contributed by atoms with E-state index in [1.54, 1.807) is 0 Å². The van der Waals surface area contributed by atoms with Crippen molar-refractivity contribution in [2.24, 2.45) is 0 Å². The van der Waals surface area contributed by atoms with E-state index in [1.807, 2.05) is 42.5 Å². The van der Waals surface area contributed by atoms with Gasteiger partial charge in [0.15, 0.2) is 5.82 Å². The minimum absolute atomic E-state index is 0.701. The summed E-state index contributed by atoms with van der Waals surface area (Å²) < 4.78 is 9.11. The number of benzene rings is 9. The molecule has 0 aliphatic carbocycles. The van der Waals surface area contributed by atoms with Crippen molar-refractivity contribution in [3.63, 3.8) is 0 Å². The van der Waals surface area contributed by atoms with Gasteiger partial charge < -0.3 is 8.98 Å². The van der Waals surface area contributed by atoms with Crippen LogP contribution < -0.4 is 0 Å². The topological polar surface area (TPSA) is 43.9 Å². The summed E-state index contributed by atoms with van der Waals surface area (Å²) in [7, 11) is 0. The Bertz CT molecular complexity index is 3400. The van der Waals surface area contributed by atoms with E-state index in [9.17, 15) is 0 Å². The van der Waals surface area contributed by atoms with Crippen molar-refractivity contribution >= 4 is 65.3 Å². The molecule has 12 rings (SSSR count). The Balaban J connectivity index is 1.08. The molecule has 0 bridgehead atoms. The molecule has 0 saturated heterocycles. The van der Waals surface area contributed by atoms with Crippen LogP contribution in [0, 0.1) is 0 Å². The number of rotatable bonds is 5. The van der Waals surface area contributed by atoms with E-state index < -0.39 is 0 Å². The molecular weight excluding hydrogens is 707 g/mol. The number of hydrogen-bond donors (Lipinski definition) is 0. The fraction of sp³-hybridized carbons (Fsp3) is 0. The van der Waals surface area contributed by atoms with Crippen molar-refractivity contribution in [2.45, 2.75) is 0 Å². The Morgan fingerprint density at radius 3 is 1.48 bits per heavy atom. The number of fused-ring (bicyclic) bond motifs is 8. The third-order valence-corrected chi connectivity index (χ3v) is 11.5. The molecule has 58 heavy (non-hydrogen) atoms. The Labute approximate surface area is 333 Å². The lowest BCUT2D eigenvalue weighted by molar-refractivity contribution is 0.668. The quantitative estimate of drug-likeness (QED) is 0.177. The van der Waals surface area contributed by atoms with Gasteiger partial charge >= 0.3 is 0 Å². The number of nitrogens with zero attached hydrogens (tertiary/aromatic N) is 3. The molecule has 4 nitrogen and oxygen atoms in total. The third kappa shape index (κ3) is 5.23. The van der Waals surface area contributed by atoms with Gasteiger partial charge in [-0.2, -0.15) is 0 Å². The SMILES string of the molecule is c1ccc(-c2cc(-c3ccc(-c4cc(-n5c6cc7ccccc7cc6c6cc7ccccc7cc65)cc5oc6ccccc6c45)cc3)nc(-c3ccccc3)n2)cc1. The minimum atomic E-state index is 0.701. The number of furan rings is 1. The van der Waals surface area contributed by atoms with Crippen LogP contribution in [-0.2, 0) is 0 Å². The molecular formula is C54H33N3O. The summed E-state index contributed by atoms with van der Waals surface area (Å²) in [5.74, 6) is 0.701. The predicted molar refractivity (Wildman–Crippen MR) is 240 cm³/mol. The molecule has 0 unspecified atom stereocenters. The second-order valence-electron chi connectivity index (χ2n) is 15.0. The Morgan fingerprint density at radius 1 is 0.362 bits per heavy atom. The van der Waals surface area contributed by atoms with Crippen molar-refractivity contribution in [3.05, 3.63) is 200 Å². The number of aromatic nitrogens is 3. The third-order valence-electron chi connectivity index (χ3n) is 11.5. The largest absolute Gasteiger partial charge is 0.456 e. The van der Waals surface area contributed by atoms with E-state index in [0.717, 1.165) is 77.9 Å². The van der Waals surface area contributed by atoms with Crippen LogP contribution >= 0.6 is 0 Å². The summed E-state index contributed by atoms with van der Waals surface area (Å²) in [6, 6.07) is 70.9. The molecule has 0 spiro atoms. The summed E-state index contributed by atoms with van der Waals surface area (Å²) in [6.07, 6.45) is 0. The van der Waals surface area contributed by atoms with Crippen molar-refractivity contribution < 1.29 is 4.42 Å². The highest BCUT2D eigenvalue weighted by Gasteiger charge is 2.20. The number of hydrogen-bond acceptors (Lipinski definition) is 3. The molecule has 3 heterocycles. The lowest BCUT2D eigenvalue weighted by atomic mass is 9.96. The second kappa shape index (κ2) is 12.9. The summed E-state index contributed by atoms with van der Waals surface area (Å²) >= 11 is 0. The standard InChI is InChI=1S/C54H33N3O/c1-3-13-35(14-4-1)47-33-48(56-54(55-47)37-15-5-2-6-16-37)36-25-23-34(24-26-36)44-31-42(32-52-53(44)43-21-11-12-22-51(43)58-52)57-49-29-40-19-9-7-17-38(40)27-45(49)46-28-39-18-8-10-20-41(39)30-50(46)57/h1-33H. The normalized spacial score (nSPS) is 11.8. The lowest BCUT2D eigenvalue weighted by Gasteiger charge is -2.13. The molecule has 0 aliphatic rings. The highest BCUT2D eigenvalue weighted by Crippen LogP contribution is 2.43. The zero-order chi connectivity index (χ0) is 38.2. The fourth-order valence-corrected chi connectivity index (χ4v) is 8.75. The van der Waals surface area contributed by atoms with Crippen LogP contribution in [0.25, 0.3) is 116 Å². The van der Waals surface area contributed by atoms with E-state index in [2.05, 4.69) is 162 Å². The van der Waals surface area contributed by atoms with Crippen LogP contribution in [0.2, 0.25) is 0 Å². The molecule has 4 heteroatoms. The molecule has 0 fully saturated rings. The summed E-state index contributed by atoms with van der Waals surface area (Å²) in [6.45, 7) is 0. The minimum Gasteiger partial charge on any atom is -0.456 e. The molecule has 3 aromatic heterocycles. The van der Waals surface area contributed by atoms with Gasteiger partial charge in [0.1, 0.15) is 11.2 Å². The summed E-state index contributed by atoms with van der Waals surface area (Å²) in [5.41, 5.74) is 12.1. The van der Waals surface area contributed by atoms with Gasteiger partial charge in [-0.3, -0.25) is 0 Å². The lowest BCUT2D eigenvalue weighted by Crippen LogP contribution is -1.96. The van der Waals surface area contributed by atoms with Gasteiger partial charge in [0.25, 0.3) is 0 Å². The molecule has 12 aromatic rings. The molecule has 9 aromatic carbocycles. The van der Waals surface area contributed by atoms with Gasteiger partial charge in [0, 0.05) is 44.3 Å². The zero-order valence-electron chi connectivity index (χ0n) is 31.3. The molecule has 0 radical (unpaired) electrons. The van der Waals surface area contributed by atoms with E-state index in [0.29, 0.717) is 5.82 Å². The average molecular weight is 740 g/mol. The first-order valence-corrected chi connectivity index (χ1v) is 19.6. The first-order chi connectivity index (χ1) is 28.7. The van der Waals surface area contributed by atoms with Gasteiger partial charge in [-0.1, -0.05) is 152 Å². The van der Waals surface area contributed by atoms with Gasteiger partial charge in [-0.25, -0.2) is 9.97 Å². The fourth-order valence-electron chi connectivity index (χ4n) is 8.75. The van der Waals surface area contributed by atoms with Crippen molar-refractivity contribution in [3.8, 4) is 50.7 Å². The smallest absolute Gasteiger partial charge is 0.160 e. The van der Waals surface area contributed by atoms with Crippen LogP contribution in [0.3, 0.4) is 0 Å². The first kappa shape index (κ1) is 32.4. The van der Waals surface area contributed by atoms with Gasteiger partial charge in [-0.15, -0.1) is 0 Å². The molecule has 270 valence electrons. The van der Waals surface area contributed by atoms with Gasteiger partial charge in [-0.05, 0) is 75.1 Å². The first-order valence-electron chi connectivity index (χ1n) is 19.6.